The van der Waals surface area contributed by atoms with E-state index >= 15 is 0 Å². The summed E-state index contributed by atoms with van der Waals surface area (Å²) in [5.74, 6) is -0.848. The first-order chi connectivity index (χ1) is 33.0. The fraction of sp³-hybridized carbons (Fsp3) is 0.918. The van der Waals surface area contributed by atoms with Crippen LogP contribution in [0.1, 0.15) is 342 Å². The second-order valence-corrected chi connectivity index (χ2v) is 20.6. The molecule has 0 saturated heterocycles. The van der Waals surface area contributed by atoms with Crippen molar-refractivity contribution in [2.75, 3.05) is 13.2 Å². The van der Waals surface area contributed by atoms with E-state index in [-0.39, 0.29) is 31.1 Å². The predicted molar refractivity (Wildman–Crippen MR) is 289 cm³/mol. The number of carbonyl (C=O) groups is 3. The molecule has 0 radical (unpaired) electrons. The third-order valence-corrected chi connectivity index (χ3v) is 13.8. The number of ether oxygens (including phenoxy) is 3. The maximum Gasteiger partial charge on any atom is 0.306 e. The summed E-state index contributed by atoms with van der Waals surface area (Å²) in [6, 6.07) is 0. The molecule has 0 rings (SSSR count). The Kier molecular flexibility index (Phi) is 55.2. The van der Waals surface area contributed by atoms with E-state index < -0.39 is 6.10 Å². The van der Waals surface area contributed by atoms with E-state index in [1.807, 2.05) is 0 Å². The minimum Gasteiger partial charge on any atom is -0.462 e. The van der Waals surface area contributed by atoms with Crippen molar-refractivity contribution in [3.05, 3.63) is 12.2 Å². The van der Waals surface area contributed by atoms with Gasteiger partial charge in [0.2, 0.25) is 0 Å². The predicted octanol–water partition coefficient (Wildman–Crippen LogP) is 20.1. The smallest absolute Gasteiger partial charge is 0.306 e. The third kappa shape index (κ3) is 55.0. The van der Waals surface area contributed by atoms with Crippen molar-refractivity contribution in [3.8, 4) is 0 Å². The molecule has 0 amide bonds. The standard InChI is InChI=1S/C61H116O6/c1-4-7-10-13-16-19-22-25-28-29-30-31-34-36-39-42-45-48-51-54-60(63)66-57-58(67-61(64)55-52-49-46-43-40-37-33-27-24-21-18-15-12-9-6-3)56-65-59(62)53-50-47-44-41-38-35-32-26-23-20-17-14-11-8-5-2/h26,32,58H,4-25,27-31,33-57H2,1-3H3/b32-26-/t58-/m1/s1. The number of carbonyl (C=O) groups excluding carboxylic acids is 3. The van der Waals surface area contributed by atoms with Gasteiger partial charge in [0, 0.05) is 19.3 Å². The molecule has 0 aromatic carbocycles. The molecule has 0 aliphatic rings. The molecule has 0 saturated carbocycles. The van der Waals surface area contributed by atoms with Crippen LogP contribution < -0.4 is 0 Å². The Morgan fingerprint density at radius 3 is 0.746 bits per heavy atom. The average molecular weight is 946 g/mol. The van der Waals surface area contributed by atoms with E-state index in [2.05, 4.69) is 32.9 Å². The summed E-state index contributed by atoms with van der Waals surface area (Å²) in [6.45, 7) is 6.69. The maximum absolute atomic E-state index is 12.9. The normalized spacial score (nSPS) is 12.0. The Morgan fingerprint density at radius 1 is 0.284 bits per heavy atom. The van der Waals surface area contributed by atoms with Gasteiger partial charge in [-0.15, -0.1) is 0 Å². The van der Waals surface area contributed by atoms with Crippen molar-refractivity contribution in [2.45, 2.75) is 348 Å². The van der Waals surface area contributed by atoms with Gasteiger partial charge < -0.3 is 14.2 Å². The minimum atomic E-state index is -0.768. The van der Waals surface area contributed by atoms with Crippen molar-refractivity contribution in [1.29, 1.82) is 0 Å². The quantitative estimate of drug-likeness (QED) is 0.0262. The lowest BCUT2D eigenvalue weighted by molar-refractivity contribution is -0.167. The summed E-state index contributed by atoms with van der Waals surface area (Å²) < 4.78 is 16.9. The Labute approximate surface area is 418 Å². The van der Waals surface area contributed by atoms with Crippen molar-refractivity contribution < 1.29 is 28.6 Å². The van der Waals surface area contributed by atoms with Gasteiger partial charge >= 0.3 is 17.9 Å². The minimum absolute atomic E-state index is 0.0662. The first-order valence-corrected chi connectivity index (χ1v) is 30.2. The van der Waals surface area contributed by atoms with Crippen molar-refractivity contribution in [2.24, 2.45) is 0 Å². The van der Waals surface area contributed by atoms with Crippen LogP contribution in [-0.4, -0.2) is 37.2 Å². The van der Waals surface area contributed by atoms with E-state index in [9.17, 15) is 14.4 Å². The molecule has 0 bridgehead atoms. The molecule has 0 aromatic heterocycles. The monoisotopic (exact) mass is 945 g/mol. The molecule has 396 valence electrons. The van der Waals surface area contributed by atoms with E-state index in [4.69, 9.17) is 14.2 Å². The van der Waals surface area contributed by atoms with Crippen LogP contribution in [0.4, 0.5) is 0 Å². The summed E-state index contributed by atoms with van der Waals surface area (Å²) >= 11 is 0. The van der Waals surface area contributed by atoms with E-state index in [0.29, 0.717) is 19.3 Å². The summed E-state index contributed by atoms with van der Waals surface area (Å²) in [5, 5.41) is 0. The van der Waals surface area contributed by atoms with Crippen LogP contribution in [-0.2, 0) is 28.6 Å². The van der Waals surface area contributed by atoms with Gasteiger partial charge in [-0.05, 0) is 44.9 Å². The second-order valence-electron chi connectivity index (χ2n) is 20.6. The van der Waals surface area contributed by atoms with E-state index in [0.717, 1.165) is 64.2 Å². The topological polar surface area (TPSA) is 78.9 Å². The summed E-state index contributed by atoms with van der Waals surface area (Å²) in [5.41, 5.74) is 0. The molecular formula is C61H116O6. The van der Waals surface area contributed by atoms with Crippen molar-refractivity contribution in [3.63, 3.8) is 0 Å². The van der Waals surface area contributed by atoms with Crippen LogP contribution in [0, 0.1) is 0 Å². The first-order valence-electron chi connectivity index (χ1n) is 30.2. The molecule has 67 heavy (non-hydrogen) atoms. The van der Waals surface area contributed by atoms with Crippen molar-refractivity contribution in [1.82, 2.24) is 0 Å². The Morgan fingerprint density at radius 2 is 0.493 bits per heavy atom. The largest absolute Gasteiger partial charge is 0.462 e. The summed E-state index contributed by atoms with van der Waals surface area (Å²) in [6.07, 6.45) is 64.9. The Bertz CT molecular complexity index is 1040. The average Bonchev–Trinajstić information content (AvgIpc) is 3.33. The van der Waals surface area contributed by atoms with Crippen LogP contribution in [0.15, 0.2) is 12.2 Å². The zero-order valence-corrected chi connectivity index (χ0v) is 45.5. The van der Waals surface area contributed by atoms with Gasteiger partial charge in [0.05, 0.1) is 0 Å². The molecule has 0 aliphatic heterocycles. The molecule has 0 fully saturated rings. The molecule has 0 N–H and O–H groups in total. The molecule has 0 unspecified atom stereocenters. The SMILES string of the molecule is CCCCCCCC/C=C\CCCCCCCC(=O)OC[C@H](COC(=O)CCCCCCCCCCCCCCCCCCCCC)OC(=O)CCCCCCCCCCCCCCCCC. The van der Waals surface area contributed by atoms with E-state index in [1.54, 1.807) is 0 Å². The van der Waals surface area contributed by atoms with Crippen LogP contribution in [0.5, 0.6) is 0 Å². The number of rotatable bonds is 56. The lowest BCUT2D eigenvalue weighted by atomic mass is 10.0. The number of unbranched alkanes of at least 4 members (excludes halogenated alkanes) is 43. The number of hydrogen-bond acceptors (Lipinski definition) is 6. The Hall–Kier alpha value is -1.85. The van der Waals surface area contributed by atoms with Gasteiger partial charge in [-0.25, -0.2) is 0 Å². The molecule has 6 heteroatoms. The summed E-state index contributed by atoms with van der Waals surface area (Å²) in [4.78, 5) is 38.2. The number of hydrogen-bond donors (Lipinski definition) is 0. The van der Waals surface area contributed by atoms with Crippen LogP contribution in [0.25, 0.3) is 0 Å². The molecule has 1 atom stereocenters. The highest BCUT2D eigenvalue weighted by Gasteiger charge is 2.19. The van der Waals surface area contributed by atoms with Gasteiger partial charge in [-0.3, -0.25) is 14.4 Å². The van der Waals surface area contributed by atoms with Crippen LogP contribution in [0.3, 0.4) is 0 Å². The van der Waals surface area contributed by atoms with Crippen LogP contribution in [0.2, 0.25) is 0 Å². The lowest BCUT2D eigenvalue weighted by Gasteiger charge is -2.18. The number of allylic oxidation sites excluding steroid dienone is 2. The van der Waals surface area contributed by atoms with Gasteiger partial charge in [0.25, 0.3) is 0 Å². The van der Waals surface area contributed by atoms with E-state index in [1.165, 1.54) is 238 Å². The Balaban J connectivity index is 4.30. The van der Waals surface area contributed by atoms with Gasteiger partial charge in [-0.1, -0.05) is 290 Å². The fourth-order valence-corrected chi connectivity index (χ4v) is 9.21. The highest BCUT2D eigenvalue weighted by molar-refractivity contribution is 5.71. The molecule has 0 heterocycles. The maximum atomic E-state index is 12.9. The third-order valence-electron chi connectivity index (χ3n) is 13.8. The first kappa shape index (κ1) is 65.1. The lowest BCUT2D eigenvalue weighted by Crippen LogP contribution is -2.30. The zero-order valence-electron chi connectivity index (χ0n) is 45.5. The highest BCUT2D eigenvalue weighted by atomic mass is 16.6. The second kappa shape index (κ2) is 56.7. The fourth-order valence-electron chi connectivity index (χ4n) is 9.21. The number of esters is 3. The van der Waals surface area contributed by atoms with Crippen LogP contribution >= 0.6 is 0 Å². The molecule has 6 nitrogen and oxygen atoms in total. The van der Waals surface area contributed by atoms with Gasteiger partial charge in [0.15, 0.2) is 6.10 Å². The zero-order chi connectivity index (χ0) is 48.6. The van der Waals surface area contributed by atoms with Crippen molar-refractivity contribution >= 4 is 17.9 Å². The highest BCUT2D eigenvalue weighted by Crippen LogP contribution is 2.18. The molecule has 0 spiro atoms. The van der Waals surface area contributed by atoms with Gasteiger partial charge in [-0.2, -0.15) is 0 Å². The van der Waals surface area contributed by atoms with Gasteiger partial charge in [0.1, 0.15) is 13.2 Å². The molecule has 0 aromatic rings. The molecular weight excluding hydrogens is 829 g/mol. The summed E-state index contributed by atoms with van der Waals surface area (Å²) in [7, 11) is 0. The molecule has 0 aliphatic carbocycles.